The lowest BCUT2D eigenvalue weighted by molar-refractivity contribution is -0.0610. The standard InChI is InChI=1S/C11H23NO/c1-3-10(8-12)11(13)6-4-5-9(2)7-11/h9-10,13H,3-8,12H2,1-2H3. The van der Waals surface area contributed by atoms with E-state index in [4.69, 9.17) is 5.73 Å². The highest BCUT2D eigenvalue weighted by Gasteiger charge is 2.38. The van der Waals surface area contributed by atoms with Gasteiger partial charge in [-0.3, -0.25) is 0 Å². The summed E-state index contributed by atoms with van der Waals surface area (Å²) in [5, 5.41) is 10.4. The minimum atomic E-state index is -0.457. The first-order valence-corrected chi connectivity index (χ1v) is 5.55. The fourth-order valence-corrected chi connectivity index (χ4v) is 2.70. The average Bonchev–Trinajstić information content (AvgIpc) is 2.05. The monoisotopic (exact) mass is 185 g/mol. The van der Waals surface area contributed by atoms with Crippen LogP contribution in [0, 0.1) is 11.8 Å². The normalized spacial score (nSPS) is 37.4. The van der Waals surface area contributed by atoms with E-state index in [-0.39, 0.29) is 0 Å². The molecule has 1 saturated carbocycles. The van der Waals surface area contributed by atoms with Crippen LogP contribution in [0.25, 0.3) is 0 Å². The fraction of sp³-hybridized carbons (Fsp3) is 1.00. The Hall–Kier alpha value is -0.0800. The van der Waals surface area contributed by atoms with E-state index in [1.807, 2.05) is 0 Å². The molecule has 0 radical (unpaired) electrons. The third kappa shape index (κ3) is 2.44. The second-order valence-corrected chi connectivity index (χ2v) is 4.65. The molecular weight excluding hydrogens is 162 g/mol. The van der Waals surface area contributed by atoms with E-state index in [0.717, 1.165) is 25.7 Å². The molecule has 1 aliphatic carbocycles. The summed E-state index contributed by atoms with van der Waals surface area (Å²) in [5.74, 6) is 0.967. The predicted octanol–water partition coefficient (Wildman–Crippen LogP) is 1.91. The zero-order valence-corrected chi connectivity index (χ0v) is 8.92. The zero-order valence-electron chi connectivity index (χ0n) is 8.92. The van der Waals surface area contributed by atoms with Gasteiger partial charge < -0.3 is 10.8 Å². The summed E-state index contributed by atoms with van der Waals surface area (Å²) >= 11 is 0. The minimum Gasteiger partial charge on any atom is -0.390 e. The Labute approximate surface area is 81.5 Å². The summed E-state index contributed by atoms with van der Waals surface area (Å²) in [7, 11) is 0. The third-order valence-corrected chi connectivity index (χ3v) is 3.55. The van der Waals surface area contributed by atoms with E-state index in [0.29, 0.717) is 18.4 Å². The molecule has 1 fully saturated rings. The number of hydrogen-bond donors (Lipinski definition) is 2. The minimum absolute atomic E-state index is 0.301. The van der Waals surface area contributed by atoms with Gasteiger partial charge in [-0.25, -0.2) is 0 Å². The van der Waals surface area contributed by atoms with Crippen molar-refractivity contribution in [2.24, 2.45) is 17.6 Å². The molecule has 0 aromatic heterocycles. The maximum absolute atomic E-state index is 10.4. The Morgan fingerprint density at radius 2 is 2.31 bits per heavy atom. The van der Waals surface area contributed by atoms with Crippen LogP contribution in [0.4, 0.5) is 0 Å². The highest BCUT2D eigenvalue weighted by Crippen LogP contribution is 2.38. The Morgan fingerprint density at radius 1 is 1.62 bits per heavy atom. The molecule has 1 rings (SSSR count). The molecule has 78 valence electrons. The quantitative estimate of drug-likeness (QED) is 0.705. The Kier molecular flexibility index (Phi) is 3.74. The van der Waals surface area contributed by atoms with Crippen molar-refractivity contribution in [1.29, 1.82) is 0 Å². The molecule has 0 spiro atoms. The van der Waals surface area contributed by atoms with Crippen molar-refractivity contribution < 1.29 is 5.11 Å². The van der Waals surface area contributed by atoms with Gasteiger partial charge in [-0.15, -0.1) is 0 Å². The van der Waals surface area contributed by atoms with Crippen molar-refractivity contribution in [3.8, 4) is 0 Å². The van der Waals surface area contributed by atoms with E-state index < -0.39 is 5.60 Å². The molecule has 2 nitrogen and oxygen atoms in total. The van der Waals surface area contributed by atoms with Gasteiger partial charge >= 0.3 is 0 Å². The van der Waals surface area contributed by atoms with E-state index in [1.165, 1.54) is 6.42 Å². The largest absolute Gasteiger partial charge is 0.390 e. The lowest BCUT2D eigenvalue weighted by atomic mass is 9.71. The van der Waals surface area contributed by atoms with E-state index >= 15 is 0 Å². The molecule has 0 saturated heterocycles. The maximum Gasteiger partial charge on any atom is 0.0690 e. The molecule has 0 amide bonds. The van der Waals surface area contributed by atoms with Crippen molar-refractivity contribution in [2.75, 3.05) is 6.54 Å². The highest BCUT2D eigenvalue weighted by molar-refractivity contribution is 4.90. The summed E-state index contributed by atoms with van der Waals surface area (Å²) in [6, 6.07) is 0. The molecule has 3 atom stereocenters. The number of aliphatic hydroxyl groups is 1. The smallest absolute Gasteiger partial charge is 0.0690 e. The van der Waals surface area contributed by atoms with Crippen molar-refractivity contribution in [1.82, 2.24) is 0 Å². The first-order valence-electron chi connectivity index (χ1n) is 5.55. The van der Waals surface area contributed by atoms with Gasteiger partial charge in [0, 0.05) is 0 Å². The van der Waals surface area contributed by atoms with Crippen LogP contribution in [-0.4, -0.2) is 17.3 Å². The first kappa shape index (κ1) is 11.0. The Morgan fingerprint density at radius 3 is 2.77 bits per heavy atom. The average molecular weight is 185 g/mol. The van der Waals surface area contributed by atoms with Crippen molar-refractivity contribution >= 4 is 0 Å². The van der Waals surface area contributed by atoms with Crippen LogP contribution in [0.5, 0.6) is 0 Å². The SMILES string of the molecule is CCC(CN)C1(O)CCCC(C)C1. The number of nitrogens with two attached hydrogens (primary N) is 1. The van der Waals surface area contributed by atoms with Gasteiger partial charge in [0.15, 0.2) is 0 Å². The van der Waals surface area contributed by atoms with E-state index in [1.54, 1.807) is 0 Å². The topological polar surface area (TPSA) is 46.2 Å². The van der Waals surface area contributed by atoms with Crippen LogP contribution in [0.3, 0.4) is 0 Å². The summed E-state index contributed by atoms with van der Waals surface area (Å²) < 4.78 is 0. The predicted molar refractivity (Wildman–Crippen MR) is 55.4 cm³/mol. The van der Waals surface area contributed by atoms with Gasteiger partial charge in [-0.2, -0.15) is 0 Å². The van der Waals surface area contributed by atoms with E-state index in [2.05, 4.69) is 13.8 Å². The van der Waals surface area contributed by atoms with E-state index in [9.17, 15) is 5.11 Å². The van der Waals surface area contributed by atoms with Gasteiger partial charge in [-0.1, -0.05) is 26.7 Å². The summed E-state index contributed by atoms with van der Waals surface area (Å²) in [5.41, 5.74) is 5.23. The van der Waals surface area contributed by atoms with Crippen LogP contribution in [0.2, 0.25) is 0 Å². The molecule has 2 heteroatoms. The lowest BCUT2D eigenvalue weighted by Crippen LogP contribution is -2.45. The summed E-state index contributed by atoms with van der Waals surface area (Å²) in [6.07, 6.45) is 5.33. The molecule has 0 bridgehead atoms. The van der Waals surface area contributed by atoms with Crippen LogP contribution < -0.4 is 5.73 Å². The van der Waals surface area contributed by atoms with Crippen LogP contribution in [0.1, 0.15) is 46.0 Å². The van der Waals surface area contributed by atoms with Crippen molar-refractivity contribution in [3.05, 3.63) is 0 Å². The molecule has 3 unspecified atom stereocenters. The maximum atomic E-state index is 10.4. The zero-order chi connectivity index (χ0) is 9.90. The van der Waals surface area contributed by atoms with Gasteiger partial charge in [0.1, 0.15) is 0 Å². The Bertz CT molecular complexity index is 156. The summed E-state index contributed by atoms with van der Waals surface area (Å²) in [4.78, 5) is 0. The number of rotatable bonds is 3. The molecule has 0 aliphatic heterocycles. The molecular formula is C11H23NO. The van der Waals surface area contributed by atoms with Crippen LogP contribution in [0.15, 0.2) is 0 Å². The third-order valence-electron chi connectivity index (χ3n) is 3.55. The highest BCUT2D eigenvalue weighted by atomic mass is 16.3. The van der Waals surface area contributed by atoms with Gasteiger partial charge in [0.05, 0.1) is 5.60 Å². The fourth-order valence-electron chi connectivity index (χ4n) is 2.70. The molecule has 13 heavy (non-hydrogen) atoms. The second kappa shape index (κ2) is 4.43. The van der Waals surface area contributed by atoms with Crippen molar-refractivity contribution in [2.45, 2.75) is 51.6 Å². The molecule has 0 aromatic rings. The second-order valence-electron chi connectivity index (χ2n) is 4.65. The molecule has 0 heterocycles. The Balaban J connectivity index is 2.61. The summed E-state index contributed by atoms with van der Waals surface area (Å²) in [6.45, 7) is 4.97. The van der Waals surface area contributed by atoms with Gasteiger partial charge in [-0.05, 0) is 37.6 Å². The van der Waals surface area contributed by atoms with Crippen LogP contribution >= 0.6 is 0 Å². The van der Waals surface area contributed by atoms with Gasteiger partial charge in [0.2, 0.25) is 0 Å². The van der Waals surface area contributed by atoms with Gasteiger partial charge in [0.25, 0.3) is 0 Å². The first-order chi connectivity index (χ1) is 6.12. The van der Waals surface area contributed by atoms with Crippen molar-refractivity contribution in [3.63, 3.8) is 0 Å². The molecule has 0 aromatic carbocycles. The lowest BCUT2D eigenvalue weighted by Gasteiger charge is -2.41. The molecule has 3 N–H and O–H groups in total. The molecule has 1 aliphatic rings. The number of hydrogen-bond acceptors (Lipinski definition) is 2. The van der Waals surface area contributed by atoms with Crippen LogP contribution in [-0.2, 0) is 0 Å².